The van der Waals surface area contributed by atoms with E-state index in [4.69, 9.17) is 9.47 Å². The minimum Gasteiger partial charge on any atom is -0.508 e. The summed E-state index contributed by atoms with van der Waals surface area (Å²) < 4.78 is 10.2. The van der Waals surface area contributed by atoms with Crippen molar-refractivity contribution in [3.05, 3.63) is 59.7 Å². The summed E-state index contributed by atoms with van der Waals surface area (Å²) >= 11 is 0. The second-order valence-corrected chi connectivity index (χ2v) is 3.97. The molecular weight excluding hydrogens is 244 g/mol. The van der Waals surface area contributed by atoms with Crippen LogP contribution in [0.4, 0.5) is 0 Å². The maximum absolute atomic E-state index is 11.7. The largest absolute Gasteiger partial charge is 0.508 e. The van der Waals surface area contributed by atoms with Crippen LogP contribution >= 0.6 is 0 Å². The Labute approximate surface area is 111 Å². The third-order valence-corrected chi connectivity index (χ3v) is 2.61. The van der Waals surface area contributed by atoms with Crippen LogP contribution in [0, 0.1) is 0 Å². The molecule has 0 aliphatic carbocycles. The van der Waals surface area contributed by atoms with Crippen LogP contribution in [-0.4, -0.2) is 18.2 Å². The van der Waals surface area contributed by atoms with Crippen molar-refractivity contribution in [1.82, 2.24) is 0 Å². The van der Waals surface area contributed by atoms with Gasteiger partial charge in [0.05, 0.1) is 12.7 Å². The second kappa shape index (κ2) is 5.91. The van der Waals surface area contributed by atoms with Crippen molar-refractivity contribution in [1.29, 1.82) is 0 Å². The average molecular weight is 258 g/mol. The van der Waals surface area contributed by atoms with E-state index in [1.54, 1.807) is 31.4 Å². The first-order chi connectivity index (χ1) is 9.19. The number of methoxy groups -OCH3 is 1. The molecule has 0 spiro atoms. The topological polar surface area (TPSA) is 55.8 Å². The lowest BCUT2D eigenvalue weighted by atomic mass is 10.2. The summed E-state index contributed by atoms with van der Waals surface area (Å²) in [7, 11) is 1.59. The van der Waals surface area contributed by atoms with Gasteiger partial charge in [0.25, 0.3) is 0 Å². The summed E-state index contributed by atoms with van der Waals surface area (Å²) in [6, 6.07) is 13.3. The number of carbonyl (C=O) groups is 1. The predicted molar refractivity (Wildman–Crippen MR) is 70.2 cm³/mol. The molecule has 0 aromatic heterocycles. The summed E-state index contributed by atoms with van der Waals surface area (Å²) in [5.41, 5.74) is 1.20. The SMILES string of the molecule is COc1ccc(COC(=O)c2cccc(O)c2)cc1. The molecule has 4 heteroatoms. The summed E-state index contributed by atoms with van der Waals surface area (Å²) in [4.78, 5) is 11.7. The molecule has 2 rings (SSSR count). The van der Waals surface area contributed by atoms with Crippen molar-refractivity contribution < 1.29 is 19.4 Å². The number of phenolic OH excluding ortho intramolecular Hbond substituents is 1. The van der Waals surface area contributed by atoms with Crippen LogP contribution in [0.5, 0.6) is 11.5 Å². The average Bonchev–Trinajstić information content (AvgIpc) is 2.45. The van der Waals surface area contributed by atoms with Crippen LogP contribution < -0.4 is 4.74 Å². The van der Waals surface area contributed by atoms with Gasteiger partial charge in [-0.1, -0.05) is 18.2 Å². The van der Waals surface area contributed by atoms with E-state index in [1.165, 1.54) is 12.1 Å². The number of hydrogen-bond donors (Lipinski definition) is 1. The standard InChI is InChI=1S/C15H14O4/c1-18-14-7-5-11(6-8-14)10-19-15(17)12-3-2-4-13(16)9-12/h2-9,16H,10H2,1H3. The summed E-state index contributed by atoms with van der Waals surface area (Å²) in [6.45, 7) is 0.179. The maximum atomic E-state index is 11.7. The molecule has 1 N–H and O–H groups in total. The molecule has 0 amide bonds. The Morgan fingerprint density at radius 2 is 1.89 bits per heavy atom. The van der Waals surface area contributed by atoms with E-state index < -0.39 is 5.97 Å². The molecule has 0 heterocycles. The van der Waals surface area contributed by atoms with E-state index in [-0.39, 0.29) is 12.4 Å². The van der Waals surface area contributed by atoms with Gasteiger partial charge in [0.15, 0.2) is 0 Å². The number of aromatic hydroxyl groups is 1. The smallest absolute Gasteiger partial charge is 0.338 e. The zero-order chi connectivity index (χ0) is 13.7. The lowest BCUT2D eigenvalue weighted by Gasteiger charge is -2.06. The van der Waals surface area contributed by atoms with Crippen LogP contribution in [0.15, 0.2) is 48.5 Å². The van der Waals surface area contributed by atoms with Gasteiger partial charge in [0.1, 0.15) is 18.1 Å². The number of carbonyl (C=O) groups excluding carboxylic acids is 1. The Kier molecular flexibility index (Phi) is 4.03. The molecule has 98 valence electrons. The fourth-order valence-corrected chi connectivity index (χ4v) is 1.59. The zero-order valence-electron chi connectivity index (χ0n) is 10.5. The minimum absolute atomic E-state index is 0.0406. The fraction of sp³-hybridized carbons (Fsp3) is 0.133. The van der Waals surface area contributed by atoms with Crippen molar-refractivity contribution in [2.24, 2.45) is 0 Å². The second-order valence-electron chi connectivity index (χ2n) is 3.97. The van der Waals surface area contributed by atoms with E-state index in [1.807, 2.05) is 12.1 Å². The number of benzene rings is 2. The monoisotopic (exact) mass is 258 g/mol. The molecule has 19 heavy (non-hydrogen) atoms. The quantitative estimate of drug-likeness (QED) is 0.857. The Bertz CT molecular complexity index is 561. The highest BCUT2D eigenvalue weighted by atomic mass is 16.5. The zero-order valence-corrected chi connectivity index (χ0v) is 10.5. The van der Waals surface area contributed by atoms with Crippen molar-refractivity contribution in [3.63, 3.8) is 0 Å². The lowest BCUT2D eigenvalue weighted by Crippen LogP contribution is -2.04. The van der Waals surface area contributed by atoms with Crippen LogP contribution in [0.25, 0.3) is 0 Å². The third kappa shape index (κ3) is 3.48. The Balaban J connectivity index is 1.96. The van der Waals surface area contributed by atoms with Crippen LogP contribution in [-0.2, 0) is 11.3 Å². The fourth-order valence-electron chi connectivity index (χ4n) is 1.59. The summed E-state index contributed by atoms with van der Waals surface area (Å²) in [6.07, 6.45) is 0. The number of ether oxygens (including phenoxy) is 2. The molecule has 4 nitrogen and oxygen atoms in total. The van der Waals surface area contributed by atoms with Crippen molar-refractivity contribution in [2.75, 3.05) is 7.11 Å². The molecule has 0 fully saturated rings. The molecule has 0 aliphatic rings. The minimum atomic E-state index is -0.466. The van der Waals surface area contributed by atoms with Gasteiger partial charge < -0.3 is 14.6 Å². The molecule has 0 radical (unpaired) electrons. The van der Waals surface area contributed by atoms with Gasteiger partial charge in [-0.25, -0.2) is 4.79 Å². The lowest BCUT2D eigenvalue weighted by molar-refractivity contribution is 0.0472. The van der Waals surface area contributed by atoms with Crippen LogP contribution in [0.3, 0.4) is 0 Å². The van der Waals surface area contributed by atoms with E-state index >= 15 is 0 Å². The summed E-state index contributed by atoms with van der Waals surface area (Å²) in [5.74, 6) is 0.327. The first-order valence-corrected chi connectivity index (χ1v) is 5.78. The van der Waals surface area contributed by atoms with Crippen molar-refractivity contribution >= 4 is 5.97 Å². The molecule has 0 saturated heterocycles. The number of rotatable bonds is 4. The van der Waals surface area contributed by atoms with E-state index in [2.05, 4.69) is 0 Å². The first kappa shape index (κ1) is 13.0. The van der Waals surface area contributed by atoms with Gasteiger partial charge in [0.2, 0.25) is 0 Å². The van der Waals surface area contributed by atoms with Gasteiger partial charge in [-0.3, -0.25) is 0 Å². The summed E-state index contributed by atoms with van der Waals surface area (Å²) in [5, 5.41) is 9.28. The Morgan fingerprint density at radius 3 is 2.53 bits per heavy atom. The van der Waals surface area contributed by atoms with E-state index in [0.717, 1.165) is 11.3 Å². The van der Waals surface area contributed by atoms with Crippen LogP contribution in [0.2, 0.25) is 0 Å². The third-order valence-electron chi connectivity index (χ3n) is 2.61. The maximum Gasteiger partial charge on any atom is 0.338 e. The number of phenols is 1. The van der Waals surface area contributed by atoms with E-state index in [0.29, 0.717) is 5.56 Å². The highest BCUT2D eigenvalue weighted by Crippen LogP contribution is 2.14. The normalized spacial score (nSPS) is 9.95. The Morgan fingerprint density at radius 1 is 1.16 bits per heavy atom. The Hall–Kier alpha value is -2.49. The molecule has 0 aliphatic heterocycles. The van der Waals surface area contributed by atoms with Crippen molar-refractivity contribution in [2.45, 2.75) is 6.61 Å². The molecular formula is C15H14O4. The molecule has 0 bridgehead atoms. The highest BCUT2D eigenvalue weighted by molar-refractivity contribution is 5.89. The van der Waals surface area contributed by atoms with Gasteiger partial charge in [0, 0.05) is 0 Å². The molecule has 0 atom stereocenters. The van der Waals surface area contributed by atoms with Gasteiger partial charge in [-0.2, -0.15) is 0 Å². The van der Waals surface area contributed by atoms with Gasteiger partial charge >= 0.3 is 5.97 Å². The molecule has 0 saturated carbocycles. The van der Waals surface area contributed by atoms with Gasteiger partial charge in [-0.15, -0.1) is 0 Å². The number of hydrogen-bond acceptors (Lipinski definition) is 4. The highest BCUT2D eigenvalue weighted by Gasteiger charge is 2.07. The first-order valence-electron chi connectivity index (χ1n) is 5.78. The van der Waals surface area contributed by atoms with Crippen molar-refractivity contribution in [3.8, 4) is 11.5 Å². The predicted octanol–water partition coefficient (Wildman–Crippen LogP) is 2.76. The van der Waals surface area contributed by atoms with Gasteiger partial charge in [-0.05, 0) is 35.9 Å². The molecule has 2 aromatic carbocycles. The number of esters is 1. The molecule has 0 unspecified atom stereocenters. The van der Waals surface area contributed by atoms with E-state index in [9.17, 15) is 9.90 Å². The van der Waals surface area contributed by atoms with Crippen LogP contribution in [0.1, 0.15) is 15.9 Å². The molecule has 2 aromatic rings.